The molecule has 0 radical (unpaired) electrons. The molecule has 1 aromatic carbocycles. The number of aliphatic carboxylic acids is 1. The smallest absolute Gasteiger partial charge is 0.753 e. The Labute approximate surface area is 418 Å². The second-order valence-electron chi connectivity index (χ2n) is 12.1. The maximum atomic E-state index is 12.3. The molecule has 342 valence electrons. The Kier molecular flexibility index (Phi) is 23.4. The molecule has 0 spiro atoms. The molecule has 0 atom stereocenters. The third kappa shape index (κ3) is 16.7. The quantitative estimate of drug-likeness (QED) is 0.0234. The van der Waals surface area contributed by atoms with Crippen molar-refractivity contribution >= 4 is 112 Å². The van der Waals surface area contributed by atoms with E-state index in [0.717, 1.165) is 33.9 Å². The van der Waals surface area contributed by atoms with Crippen LogP contribution in [0.1, 0.15) is 48.4 Å². The summed E-state index contributed by atoms with van der Waals surface area (Å²) < 4.78 is 0.279. The number of pyridine rings is 4. The number of thiocarbonyl (C=S) groups is 2. The molecule has 67 heavy (non-hydrogen) atoms. The zero-order chi connectivity index (χ0) is 48.9. The summed E-state index contributed by atoms with van der Waals surface area (Å²) in [6.45, 7) is 2.49. The van der Waals surface area contributed by atoms with Crippen LogP contribution in [0.5, 0.6) is 0 Å². The number of fused-ring (bicyclic) bond motifs is 1. The largest absolute Gasteiger partial charge is 2.00 e. The first-order valence-electron chi connectivity index (χ1n) is 18.0. The van der Waals surface area contributed by atoms with E-state index in [1.807, 2.05) is 18.2 Å². The number of hydrogen-bond acceptors (Lipinski definition) is 17. The Morgan fingerprint density at radius 2 is 1.09 bits per heavy atom. The van der Waals surface area contributed by atoms with Crippen LogP contribution in [-0.2, 0) is 41.7 Å². The summed E-state index contributed by atoms with van der Waals surface area (Å²) in [6.07, 6.45) is 8.98. The number of amides is 1. The average molecular weight is 1080 g/mol. The molecule has 5 aromatic rings. The van der Waals surface area contributed by atoms with Gasteiger partial charge >= 0.3 is 49.3 Å². The molecule has 0 unspecified atom stereocenters. The standard InChI is InChI=1S/C16H14N2O3S3.2C12H8N2O4.CHNS.CNS.Ru/c1-2-17-10-5-3-4-6-11(10)23-13(17)8-7-12-15(21)18(9-14(19)20)16(22)24-12;2*15-11(16)7-1-3-13-9(5-7)10-6-8(12(17)18)2-4-14-10;2*2-1-3;/h3-8H,2,9H2,1H3,(H,19,20);2*1-6H,(H,15,16)(H,17,18);3H;;/q;;;;-1;+2/p-1/b12-7-,13-8-;;;;;. The van der Waals surface area contributed by atoms with E-state index < -0.39 is 36.4 Å². The molecule has 0 aliphatic carbocycles. The number of anilines is 1. The number of aromatic nitrogens is 4. The van der Waals surface area contributed by atoms with E-state index in [1.54, 1.807) is 17.8 Å². The molecule has 0 bridgehead atoms. The summed E-state index contributed by atoms with van der Waals surface area (Å²) in [5.41, 5.74) is 2.71. The summed E-state index contributed by atoms with van der Waals surface area (Å²) in [4.78, 5) is 87.2. The first-order chi connectivity index (χ1) is 31.5. The van der Waals surface area contributed by atoms with Crippen LogP contribution in [-0.4, -0.2) is 109 Å². The molecule has 25 heteroatoms. The van der Waals surface area contributed by atoms with Gasteiger partial charge in [-0.3, -0.25) is 34.4 Å². The van der Waals surface area contributed by atoms with Crippen LogP contribution in [0.2, 0.25) is 0 Å². The van der Waals surface area contributed by atoms with Gasteiger partial charge in [-0.1, -0.05) is 65.5 Å². The van der Waals surface area contributed by atoms with Crippen molar-refractivity contribution < 1.29 is 73.8 Å². The van der Waals surface area contributed by atoms with Crippen LogP contribution < -0.4 is 4.90 Å². The topological polar surface area (TPSA) is 308 Å². The molecular weight excluding hydrogens is 1050 g/mol. The number of nitriles is 1. The Bertz CT molecular complexity index is 2600. The minimum absolute atomic E-state index is 0. The number of thioether (sulfide) groups is 2. The van der Waals surface area contributed by atoms with Gasteiger partial charge in [0.25, 0.3) is 5.91 Å². The molecule has 19 nitrogen and oxygen atoms in total. The van der Waals surface area contributed by atoms with E-state index in [-0.39, 0.29) is 52.0 Å². The Morgan fingerprint density at radius 3 is 1.43 bits per heavy atom. The van der Waals surface area contributed by atoms with Crippen molar-refractivity contribution in [1.82, 2.24) is 24.8 Å². The molecule has 1 amide bonds. The van der Waals surface area contributed by atoms with Crippen LogP contribution in [0, 0.1) is 10.7 Å². The Hall–Kier alpha value is -7.16. The molecular formula is C42H30N8O11RuS5. The van der Waals surface area contributed by atoms with Gasteiger partial charge in [-0.15, -0.1) is 0 Å². The summed E-state index contributed by atoms with van der Waals surface area (Å²) >= 11 is 15.3. The molecule has 7 rings (SSSR count). The Morgan fingerprint density at radius 1 is 0.716 bits per heavy atom. The van der Waals surface area contributed by atoms with Crippen LogP contribution in [0.3, 0.4) is 0 Å². The SMILES string of the molecule is CCN1/C(=C/C=C2\SC(=S)N(CC(=O)O)C2=O)Sc2ccccc21.N#C[S-].O=C(O)c1ccnc(-c2cc(C(=O)O)ccn2)c1.O=C(O)c1ccnc(-c2cc(C(=O)O)ccn2)c1.[N-]=C=S.[Ru+2]. The minimum atomic E-state index is -1.08. The summed E-state index contributed by atoms with van der Waals surface area (Å²) in [5, 5.41) is 62.3. The fourth-order valence-electron chi connectivity index (χ4n) is 5.25. The number of aromatic carboxylic acids is 4. The van der Waals surface area contributed by atoms with Crippen molar-refractivity contribution in [1.29, 1.82) is 5.26 Å². The van der Waals surface area contributed by atoms with Crippen LogP contribution in [0.15, 0.2) is 125 Å². The molecule has 2 aliphatic rings. The van der Waals surface area contributed by atoms with Gasteiger partial charge in [0, 0.05) is 36.2 Å². The van der Waals surface area contributed by atoms with E-state index >= 15 is 0 Å². The third-order valence-electron chi connectivity index (χ3n) is 8.05. The van der Waals surface area contributed by atoms with E-state index in [2.05, 4.69) is 68.7 Å². The monoisotopic (exact) mass is 1080 g/mol. The number of carbonyl (C=O) groups excluding carboxylic acids is 1. The molecule has 0 saturated carbocycles. The number of allylic oxidation sites excluding steroid dienone is 2. The van der Waals surface area contributed by atoms with Gasteiger partial charge in [-0.2, -0.15) is 5.16 Å². The zero-order valence-corrected chi connectivity index (χ0v) is 39.8. The summed E-state index contributed by atoms with van der Waals surface area (Å²) in [5.74, 6) is -5.74. The second kappa shape index (κ2) is 28.0. The number of nitrogens with zero attached hydrogens (tertiary/aromatic N) is 8. The van der Waals surface area contributed by atoms with Crippen LogP contribution >= 0.6 is 48.0 Å². The number of rotatable bonds is 10. The van der Waals surface area contributed by atoms with Gasteiger partial charge < -0.3 is 48.5 Å². The fraction of sp³-hybridized carbons (Fsp3) is 0.0714. The van der Waals surface area contributed by atoms with Crippen molar-refractivity contribution in [2.45, 2.75) is 11.8 Å². The number of carbonyl (C=O) groups is 6. The number of carboxylic acid groups (broad SMARTS) is 5. The number of para-hydroxylation sites is 1. The van der Waals surface area contributed by atoms with E-state index in [9.17, 15) is 28.8 Å². The van der Waals surface area contributed by atoms with Gasteiger partial charge in [0.15, 0.2) is 0 Å². The molecule has 1 fully saturated rings. The van der Waals surface area contributed by atoms with Gasteiger partial charge in [0.2, 0.25) is 0 Å². The number of carboxylic acids is 5. The number of isothiocyanates is 1. The maximum absolute atomic E-state index is 12.3. The Balaban J connectivity index is 0.000000327. The van der Waals surface area contributed by atoms with E-state index in [0.29, 0.717) is 27.7 Å². The molecule has 1 saturated heterocycles. The van der Waals surface area contributed by atoms with Crippen molar-refractivity contribution in [2.24, 2.45) is 0 Å². The van der Waals surface area contributed by atoms with Gasteiger partial charge in [-0.05, 0) is 79.7 Å². The number of hydrogen-bond donors (Lipinski definition) is 5. The maximum Gasteiger partial charge on any atom is 2.00 e. The van der Waals surface area contributed by atoms with Crippen molar-refractivity contribution in [3.8, 4) is 28.2 Å². The third-order valence-corrected chi connectivity index (χ3v) is 10.6. The summed E-state index contributed by atoms with van der Waals surface area (Å²) in [7, 11) is 0. The first kappa shape index (κ1) is 56.0. The number of benzene rings is 1. The van der Waals surface area contributed by atoms with E-state index in [4.69, 9.17) is 48.4 Å². The van der Waals surface area contributed by atoms with Crippen LogP contribution in [0.4, 0.5) is 5.69 Å². The first-order valence-corrected chi connectivity index (χ1v) is 20.9. The van der Waals surface area contributed by atoms with Gasteiger partial charge in [0.1, 0.15) is 10.9 Å². The molecule has 6 heterocycles. The average Bonchev–Trinajstić information content (AvgIpc) is 3.80. The van der Waals surface area contributed by atoms with E-state index in [1.165, 1.54) is 88.8 Å². The van der Waals surface area contributed by atoms with Crippen molar-refractivity contribution in [3.05, 3.63) is 147 Å². The van der Waals surface area contributed by atoms with Crippen molar-refractivity contribution in [3.63, 3.8) is 0 Å². The fourth-order valence-corrected chi connectivity index (χ4v) is 7.57. The minimum Gasteiger partial charge on any atom is -0.753 e. The molecule has 2 aliphatic heterocycles. The van der Waals surface area contributed by atoms with Gasteiger partial charge in [-0.25, -0.2) is 24.4 Å². The predicted octanol–water partition coefficient (Wildman–Crippen LogP) is 7.04. The number of thiocyanates is 1. The molecule has 4 aromatic heterocycles. The van der Waals surface area contributed by atoms with Crippen molar-refractivity contribution in [2.75, 3.05) is 18.0 Å². The zero-order valence-electron chi connectivity index (χ0n) is 34.0. The second-order valence-corrected chi connectivity index (χ2v) is 15.2. The summed E-state index contributed by atoms with van der Waals surface area (Å²) in [6, 6.07) is 18.9. The van der Waals surface area contributed by atoms with Gasteiger partial charge in [0.05, 0.1) is 60.7 Å². The van der Waals surface area contributed by atoms with Crippen LogP contribution in [0.25, 0.3) is 28.2 Å². The normalized spacial score (nSPS) is 12.9. The molecule has 5 N–H and O–H groups in total. The predicted molar refractivity (Wildman–Crippen MR) is 253 cm³/mol.